The number of hydrogen-bond acceptors (Lipinski definition) is 3. The van der Waals surface area contributed by atoms with E-state index >= 15 is 0 Å². The summed E-state index contributed by atoms with van der Waals surface area (Å²) in [5.74, 6) is 0.0790. The van der Waals surface area contributed by atoms with Crippen molar-refractivity contribution >= 4 is 11.9 Å². The van der Waals surface area contributed by atoms with Crippen molar-refractivity contribution in [3.05, 3.63) is 0 Å². The van der Waals surface area contributed by atoms with Crippen molar-refractivity contribution in [2.45, 2.75) is 31.3 Å². The SMILES string of the molecule is N=C(N)C1CCCN1C(=O)NC1CCOC1. The number of nitrogens with one attached hydrogen (secondary N) is 2. The summed E-state index contributed by atoms with van der Waals surface area (Å²) in [6, 6.07) is -0.226. The Labute approximate surface area is 94.6 Å². The molecule has 2 fully saturated rings. The maximum absolute atomic E-state index is 11.9. The smallest absolute Gasteiger partial charge is 0.318 e. The van der Waals surface area contributed by atoms with Crippen molar-refractivity contribution in [1.82, 2.24) is 10.2 Å². The lowest BCUT2D eigenvalue weighted by Crippen LogP contribution is -2.50. The van der Waals surface area contributed by atoms with E-state index in [1.807, 2.05) is 0 Å². The number of nitrogens with two attached hydrogens (primary N) is 1. The third-order valence-corrected chi connectivity index (χ3v) is 3.13. The lowest BCUT2D eigenvalue weighted by Gasteiger charge is -2.25. The Morgan fingerprint density at radius 1 is 1.50 bits per heavy atom. The molecule has 0 spiro atoms. The van der Waals surface area contributed by atoms with Gasteiger partial charge in [-0.3, -0.25) is 5.41 Å². The van der Waals surface area contributed by atoms with E-state index in [1.165, 1.54) is 0 Å². The van der Waals surface area contributed by atoms with Gasteiger partial charge in [0.05, 0.1) is 18.7 Å². The number of nitrogens with zero attached hydrogens (tertiary/aromatic N) is 1. The molecule has 2 amide bonds. The molecule has 0 radical (unpaired) electrons. The van der Waals surface area contributed by atoms with Crippen LogP contribution in [0.5, 0.6) is 0 Å². The molecule has 0 saturated carbocycles. The van der Waals surface area contributed by atoms with Crippen molar-refractivity contribution in [3.8, 4) is 0 Å². The first-order valence-electron chi connectivity index (χ1n) is 5.67. The van der Waals surface area contributed by atoms with Crippen LogP contribution in [0.4, 0.5) is 4.79 Å². The van der Waals surface area contributed by atoms with Gasteiger partial charge in [-0.15, -0.1) is 0 Å². The third-order valence-electron chi connectivity index (χ3n) is 3.13. The van der Waals surface area contributed by atoms with Crippen molar-refractivity contribution in [2.24, 2.45) is 5.73 Å². The Morgan fingerprint density at radius 3 is 2.94 bits per heavy atom. The molecule has 0 aromatic carbocycles. The van der Waals surface area contributed by atoms with Gasteiger partial charge in [0, 0.05) is 13.2 Å². The second-order valence-corrected chi connectivity index (χ2v) is 4.32. The highest BCUT2D eigenvalue weighted by Gasteiger charge is 2.32. The van der Waals surface area contributed by atoms with Gasteiger partial charge in [0.2, 0.25) is 0 Å². The fourth-order valence-corrected chi connectivity index (χ4v) is 2.24. The molecular formula is C10H18N4O2. The van der Waals surface area contributed by atoms with E-state index in [4.69, 9.17) is 15.9 Å². The lowest BCUT2D eigenvalue weighted by molar-refractivity contribution is 0.179. The van der Waals surface area contributed by atoms with Gasteiger partial charge in [0.15, 0.2) is 0 Å². The Hall–Kier alpha value is -1.30. The predicted octanol–water partition coefficient (Wildman–Crippen LogP) is -0.115. The summed E-state index contributed by atoms with van der Waals surface area (Å²) >= 11 is 0. The Kier molecular flexibility index (Phi) is 3.28. The molecular weight excluding hydrogens is 208 g/mol. The highest BCUT2D eigenvalue weighted by molar-refractivity contribution is 5.88. The molecule has 4 N–H and O–H groups in total. The van der Waals surface area contributed by atoms with Crippen LogP contribution in [0.15, 0.2) is 0 Å². The van der Waals surface area contributed by atoms with E-state index in [-0.39, 0.29) is 24.0 Å². The van der Waals surface area contributed by atoms with E-state index in [0.29, 0.717) is 19.8 Å². The molecule has 2 rings (SSSR count). The highest BCUT2D eigenvalue weighted by atomic mass is 16.5. The quantitative estimate of drug-likeness (QED) is 0.453. The van der Waals surface area contributed by atoms with Crippen LogP contribution in [0.3, 0.4) is 0 Å². The lowest BCUT2D eigenvalue weighted by atomic mass is 10.2. The monoisotopic (exact) mass is 226 g/mol. The summed E-state index contributed by atoms with van der Waals surface area (Å²) in [6.07, 6.45) is 2.58. The average molecular weight is 226 g/mol. The zero-order chi connectivity index (χ0) is 11.5. The molecule has 16 heavy (non-hydrogen) atoms. The first kappa shape index (κ1) is 11.2. The number of hydrogen-bond donors (Lipinski definition) is 3. The molecule has 90 valence electrons. The van der Waals surface area contributed by atoms with Crippen LogP contribution in [0.25, 0.3) is 0 Å². The normalized spacial score (nSPS) is 29.4. The molecule has 0 aromatic heterocycles. The number of amidine groups is 1. The zero-order valence-electron chi connectivity index (χ0n) is 9.24. The molecule has 2 unspecified atom stereocenters. The zero-order valence-corrected chi connectivity index (χ0v) is 9.24. The molecule has 2 saturated heterocycles. The molecule has 6 heteroatoms. The van der Waals surface area contributed by atoms with E-state index in [2.05, 4.69) is 5.32 Å². The van der Waals surface area contributed by atoms with E-state index in [1.54, 1.807) is 4.90 Å². The second kappa shape index (κ2) is 4.69. The molecule has 2 atom stereocenters. The minimum Gasteiger partial charge on any atom is -0.386 e. The van der Waals surface area contributed by atoms with E-state index in [9.17, 15) is 4.79 Å². The van der Waals surface area contributed by atoms with Crippen molar-refractivity contribution in [2.75, 3.05) is 19.8 Å². The number of urea groups is 1. The number of amides is 2. The van der Waals surface area contributed by atoms with Crippen LogP contribution in [-0.4, -0.2) is 48.6 Å². The Bertz CT molecular complexity index is 289. The first-order valence-corrected chi connectivity index (χ1v) is 5.67. The molecule has 0 aromatic rings. The summed E-state index contributed by atoms with van der Waals surface area (Å²) in [6.45, 7) is 1.98. The average Bonchev–Trinajstić information content (AvgIpc) is 2.86. The van der Waals surface area contributed by atoms with Crippen LogP contribution < -0.4 is 11.1 Å². The fraction of sp³-hybridized carbons (Fsp3) is 0.800. The van der Waals surface area contributed by atoms with Crippen molar-refractivity contribution in [1.29, 1.82) is 5.41 Å². The minimum atomic E-state index is -0.220. The van der Waals surface area contributed by atoms with E-state index < -0.39 is 0 Å². The molecule has 2 aliphatic rings. The Balaban J connectivity index is 1.90. The van der Waals surface area contributed by atoms with Crippen molar-refractivity contribution in [3.63, 3.8) is 0 Å². The van der Waals surface area contributed by atoms with Gasteiger partial charge in [-0.25, -0.2) is 4.79 Å². The van der Waals surface area contributed by atoms with Crippen LogP contribution in [0, 0.1) is 5.41 Å². The number of rotatable bonds is 2. The third kappa shape index (κ3) is 2.27. The fourth-order valence-electron chi connectivity index (χ4n) is 2.24. The van der Waals surface area contributed by atoms with Crippen molar-refractivity contribution < 1.29 is 9.53 Å². The summed E-state index contributed by atoms with van der Waals surface area (Å²) in [4.78, 5) is 13.6. The summed E-state index contributed by atoms with van der Waals surface area (Å²) in [5.41, 5.74) is 5.47. The maximum Gasteiger partial charge on any atom is 0.318 e. The van der Waals surface area contributed by atoms with Crippen LogP contribution in [0.1, 0.15) is 19.3 Å². The minimum absolute atomic E-state index is 0.0790. The summed E-state index contributed by atoms with van der Waals surface area (Å²) in [5, 5.41) is 10.3. The van der Waals surface area contributed by atoms with Crippen LogP contribution in [-0.2, 0) is 4.74 Å². The highest BCUT2D eigenvalue weighted by Crippen LogP contribution is 2.17. The van der Waals surface area contributed by atoms with Gasteiger partial charge < -0.3 is 20.7 Å². The van der Waals surface area contributed by atoms with Gasteiger partial charge in [-0.1, -0.05) is 0 Å². The van der Waals surface area contributed by atoms with Gasteiger partial charge in [0.1, 0.15) is 5.84 Å². The molecule has 2 aliphatic heterocycles. The van der Waals surface area contributed by atoms with Crippen LogP contribution >= 0.6 is 0 Å². The number of likely N-dealkylation sites (tertiary alicyclic amines) is 1. The second-order valence-electron chi connectivity index (χ2n) is 4.32. The van der Waals surface area contributed by atoms with Crippen LogP contribution in [0.2, 0.25) is 0 Å². The van der Waals surface area contributed by atoms with Gasteiger partial charge in [-0.05, 0) is 19.3 Å². The standard InChI is InChI=1S/C10H18N4O2/c11-9(12)8-2-1-4-14(8)10(15)13-7-3-5-16-6-7/h7-8H,1-6H2,(H3,11,12)(H,13,15). The molecule has 6 nitrogen and oxygen atoms in total. The Morgan fingerprint density at radius 2 is 2.31 bits per heavy atom. The first-order chi connectivity index (χ1) is 7.68. The van der Waals surface area contributed by atoms with Gasteiger partial charge >= 0.3 is 6.03 Å². The number of carbonyl (C=O) groups excluding carboxylic acids is 1. The summed E-state index contributed by atoms with van der Waals surface area (Å²) < 4.78 is 5.19. The topological polar surface area (TPSA) is 91.4 Å². The van der Waals surface area contributed by atoms with Gasteiger partial charge in [-0.2, -0.15) is 0 Å². The number of carbonyl (C=O) groups is 1. The molecule has 2 heterocycles. The molecule has 0 bridgehead atoms. The maximum atomic E-state index is 11.9. The largest absolute Gasteiger partial charge is 0.386 e. The predicted molar refractivity (Wildman–Crippen MR) is 59.4 cm³/mol. The number of ether oxygens (including phenoxy) is 1. The van der Waals surface area contributed by atoms with Gasteiger partial charge in [0.25, 0.3) is 0 Å². The van der Waals surface area contributed by atoms with E-state index in [0.717, 1.165) is 19.3 Å². The molecule has 0 aliphatic carbocycles. The summed E-state index contributed by atoms with van der Waals surface area (Å²) in [7, 11) is 0.